The Bertz CT molecular complexity index is 573. The minimum Gasteiger partial charge on any atom is -0.444 e. The number of ether oxygens (including phenoxy) is 2. The Morgan fingerprint density at radius 3 is 2.35 bits per heavy atom. The van der Waals surface area contributed by atoms with Crippen molar-refractivity contribution in [2.75, 3.05) is 13.7 Å². The van der Waals surface area contributed by atoms with Gasteiger partial charge in [-0.3, -0.25) is 9.48 Å². The molecule has 0 aliphatic rings. The van der Waals surface area contributed by atoms with Gasteiger partial charge in [-0.25, -0.2) is 4.79 Å². The van der Waals surface area contributed by atoms with Crippen molar-refractivity contribution >= 4 is 11.9 Å². The zero-order valence-corrected chi connectivity index (χ0v) is 15.0. The summed E-state index contributed by atoms with van der Waals surface area (Å²) in [5.41, 5.74) is 1.49. The lowest BCUT2D eigenvalue weighted by Crippen LogP contribution is -2.42. The van der Waals surface area contributed by atoms with Gasteiger partial charge >= 0.3 is 6.09 Å². The van der Waals surface area contributed by atoms with E-state index in [2.05, 4.69) is 10.4 Å². The summed E-state index contributed by atoms with van der Waals surface area (Å²) in [4.78, 5) is 24.4. The molecule has 0 radical (unpaired) electrons. The number of amides is 1. The number of nitrogens with one attached hydrogen (secondary N) is 1. The summed E-state index contributed by atoms with van der Waals surface area (Å²) in [5.74, 6) is -0.0776. The molecule has 7 nitrogen and oxygen atoms in total. The van der Waals surface area contributed by atoms with Crippen LogP contribution in [0, 0.1) is 13.8 Å². The number of aromatic nitrogens is 2. The van der Waals surface area contributed by atoms with Crippen LogP contribution in [0.5, 0.6) is 0 Å². The lowest BCUT2D eigenvalue weighted by molar-refractivity contribution is 0.0464. The van der Waals surface area contributed by atoms with Crippen molar-refractivity contribution < 1.29 is 19.1 Å². The van der Waals surface area contributed by atoms with E-state index >= 15 is 0 Å². The number of hydrogen-bond donors (Lipinski definition) is 1. The maximum Gasteiger partial charge on any atom is 0.407 e. The molecule has 0 aliphatic carbocycles. The fourth-order valence-corrected chi connectivity index (χ4v) is 2.33. The molecule has 1 rings (SSSR count). The van der Waals surface area contributed by atoms with Crippen LogP contribution < -0.4 is 5.32 Å². The van der Waals surface area contributed by atoms with Crippen molar-refractivity contribution in [3.8, 4) is 0 Å². The molecular weight excluding hydrogens is 298 g/mol. The first-order valence-corrected chi connectivity index (χ1v) is 7.57. The van der Waals surface area contributed by atoms with E-state index in [0.29, 0.717) is 11.3 Å². The molecule has 0 aliphatic heterocycles. The first kappa shape index (κ1) is 19.2. The summed E-state index contributed by atoms with van der Waals surface area (Å²) in [6.07, 6.45) is -0.438. The predicted octanol–water partition coefficient (Wildman–Crippen LogP) is 2.15. The zero-order chi connectivity index (χ0) is 17.8. The van der Waals surface area contributed by atoms with Gasteiger partial charge in [0.15, 0.2) is 5.78 Å². The monoisotopic (exact) mass is 325 g/mol. The highest BCUT2D eigenvalue weighted by atomic mass is 16.6. The molecule has 0 spiro atoms. The number of nitrogens with zero attached hydrogens (tertiary/aromatic N) is 2. The van der Waals surface area contributed by atoms with Crippen molar-refractivity contribution in [2.24, 2.45) is 7.05 Å². The summed E-state index contributed by atoms with van der Waals surface area (Å²) in [7, 11) is 3.32. The van der Waals surface area contributed by atoms with E-state index in [0.717, 1.165) is 5.69 Å². The van der Waals surface area contributed by atoms with Crippen LogP contribution in [-0.4, -0.2) is 47.0 Å². The SMILES string of the molecule is COCC(CC(=O)c1c(C)nn(C)c1C)NC(=O)OC(C)(C)C. The molecule has 1 heterocycles. The van der Waals surface area contributed by atoms with Gasteiger partial charge in [0.1, 0.15) is 5.60 Å². The van der Waals surface area contributed by atoms with Crippen molar-refractivity contribution in [3.63, 3.8) is 0 Å². The van der Waals surface area contributed by atoms with Gasteiger partial charge in [-0.05, 0) is 34.6 Å². The number of methoxy groups -OCH3 is 1. The molecule has 1 aromatic rings. The second-order valence-corrected chi connectivity index (χ2v) is 6.60. The predicted molar refractivity (Wildman–Crippen MR) is 86.7 cm³/mol. The third-order valence-electron chi connectivity index (χ3n) is 3.31. The fraction of sp³-hybridized carbons (Fsp3) is 0.688. The number of carbonyl (C=O) groups excluding carboxylic acids is 2. The largest absolute Gasteiger partial charge is 0.444 e. The molecular formula is C16H27N3O4. The van der Waals surface area contributed by atoms with E-state index < -0.39 is 17.7 Å². The normalized spacial score (nSPS) is 12.8. The minimum absolute atomic E-state index is 0.0776. The van der Waals surface area contributed by atoms with Gasteiger partial charge < -0.3 is 14.8 Å². The van der Waals surface area contributed by atoms with Crippen molar-refractivity contribution in [1.82, 2.24) is 15.1 Å². The lowest BCUT2D eigenvalue weighted by Gasteiger charge is -2.23. The number of carbonyl (C=O) groups is 2. The molecule has 0 bridgehead atoms. The second-order valence-electron chi connectivity index (χ2n) is 6.60. The van der Waals surface area contributed by atoms with Crippen LogP contribution in [0.1, 0.15) is 48.9 Å². The highest BCUT2D eigenvalue weighted by Gasteiger charge is 2.24. The number of ketones is 1. The smallest absolute Gasteiger partial charge is 0.407 e. The average molecular weight is 325 g/mol. The van der Waals surface area contributed by atoms with Crippen molar-refractivity contribution in [2.45, 2.75) is 52.7 Å². The molecule has 7 heteroatoms. The van der Waals surface area contributed by atoms with E-state index in [9.17, 15) is 9.59 Å². The molecule has 1 aromatic heterocycles. The van der Waals surface area contributed by atoms with Gasteiger partial charge in [-0.15, -0.1) is 0 Å². The quantitative estimate of drug-likeness (QED) is 0.810. The van der Waals surface area contributed by atoms with Crippen LogP contribution in [0.3, 0.4) is 0 Å². The average Bonchev–Trinajstić information content (AvgIpc) is 2.60. The topological polar surface area (TPSA) is 82.5 Å². The number of Topliss-reactive ketones (excluding diaryl/α,β-unsaturated/α-hetero) is 1. The van der Waals surface area contributed by atoms with E-state index in [1.54, 1.807) is 39.4 Å². The van der Waals surface area contributed by atoms with Crippen LogP contribution in [0.2, 0.25) is 0 Å². The van der Waals surface area contributed by atoms with Crippen molar-refractivity contribution in [3.05, 3.63) is 17.0 Å². The van der Waals surface area contributed by atoms with E-state index in [4.69, 9.17) is 9.47 Å². The number of aryl methyl sites for hydroxylation is 2. The highest BCUT2D eigenvalue weighted by molar-refractivity contribution is 5.98. The Kier molecular flexibility index (Phi) is 6.32. The molecule has 0 aromatic carbocycles. The molecule has 1 N–H and O–H groups in total. The molecule has 0 fully saturated rings. The Balaban J connectivity index is 2.79. The van der Waals surface area contributed by atoms with Crippen LogP contribution in [0.15, 0.2) is 0 Å². The van der Waals surface area contributed by atoms with Crippen LogP contribution in [0.25, 0.3) is 0 Å². The molecule has 23 heavy (non-hydrogen) atoms. The molecule has 0 saturated carbocycles. The second kappa shape index (κ2) is 7.59. The third-order valence-corrected chi connectivity index (χ3v) is 3.31. The van der Waals surface area contributed by atoms with Gasteiger partial charge in [0.25, 0.3) is 0 Å². The maximum absolute atomic E-state index is 12.6. The van der Waals surface area contributed by atoms with Gasteiger partial charge in [-0.2, -0.15) is 5.10 Å². The molecule has 1 amide bonds. The van der Waals surface area contributed by atoms with E-state index in [1.165, 1.54) is 7.11 Å². The summed E-state index contributed by atoms with van der Waals surface area (Å²) in [6, 6.07) is -0.457. The zero-order valence-electron chi connectivity index (χ0n) is 15.0. The van der Waals surface area contributed by atoms with Gasteiger partial charge in [0, 0.05) is 26.3 Å². The lowest BCUT2D eigenvalue weighted by atomic mass is 10.0. The van der Waals surface area contributed by atoms with Gasteiger partial charge in [0.05, 0.1) is 23.9 Å². The summed E-state index contributed by atoms with van der Waals surface area (Å²) in [6.45, 7) is 9.22. The number of hydrogen-bond acceptors (Lipinski definition) is 5. The summed E-state index contributed by atoms with van der Waals surface area (Å²) in [5, 5.41) is 6.93. The number of alkyl carbamates (subject to hydrolysis) is 1. The summed E-state index contributed by atoms with van der Waals surface area (Å²) < 4.78 is 12.0. The van der Waals surface area contributed by atoms with E-state index in [1.807, 2.05) is 6.92 Å². The van der Waals surface area contributed by atoms with Crippen LogP contribution in [0.4, 0.5) is 4.79 Å². The Labute approximate surface area is 137 Å². The minimum atomic E-state index is -0.595. The maximum atomic E-state index is 12.6. The fourth-order valence-electron chi connectivity index (χ4n) is 2.33. The molecule has 1 atom stereocenters. The molecule has 130 valence electrons. The Morgan fingerprint density at radius 2 is 1.91 bits per heavy atom. The molecule has 0 saturated heterocycles. The highest BCUT2D eigenvalue weighted by Crippen LogP contribution is 2.16. The van der Waals surface area contributed by atoms with Crippen molar-refractivity contribution in [1.29, 1.82) is 0 Å². The van der Waals surface area contributed by atoms with Gasteiger partial charge in [-0.1, -0.05) is 0 Å². The standard InChI is InChI=1S/C16H27N3O4/c1-10-14(11(2)19(6)18-10)13(20)8-12(9-22-7)17-15(21)23-16(3,4)5/h12H,8-9H2,1-7H3,(H,17,21). The summed E-state index contributed by atoms with van der Waals surface area (Å²) >= 11 is 0. The van der Waals surface area contributed by atoms with E-state index in [-0.39, 0.29) is 18.8 Å². The van der Waals surface area contributed by atoms with Crippen LogP contribution in [-0.2, 0) is 16.5 Å². The van der Waals surface area contributed by atoms with Gasteiger partial charge in [0.2, 0.25) is 0 Å². The first-order chi connectivity index (χ1) is 10.5. The molecule has 1 unspecified atom stereocenters. The Hall–Kier alpha value is -1.89. The Morgan fingerprint density at radius 1 is 1.30 bits per heavy atom. The van der Waals surface area contributed by atoms with Crippen LogP contribution >= 0.6 is 0 Å². The third kappa shape index (κ3) is 5.67. The number of rotatable bonds is 6. The first-order valence-electron chi connectivity index (χ1n) is 7.57.